The van der Waals surface area contributed by atoms with Gasteiger partial charge in [-0.3, -0.25) is 9.80 Å². The molecule has 5 saturated carbocycles. The molecule has 9 nitrogen and oxygen atoms in total. The van der Waals surface area contributed by atoms with Crippen molar-refractivity contribution in [3.8, 4) is 0 Å². The number of amides is 1. The van der Waals surface area contributed by atoms with E-state index >= 15 is 0 Å². The molecule has 4 aliphatic heterocycles. The third-order valence-corrected chi connectivity index (χ3v) is 19.0. The van der Waals surface area contributed by atoms with Gasteiger partial charge in [0.1, 0.15) is 6.10 Å². The van der Waals surface area contributed by atoms with E-state index in [0.717, 1.165) is 64.5 Å². The molecule has 5 aliphatic carbocycles. The Balaban J connectivity index is 0.884. The topological polar surface area (TPSA) is 83.9 Å². The highest BCUT2D eigenvalue weighted by molar-refractivity contribution is 5.68. The van der Waals surface area contributed by atoms with Gasteiger partial charge in [0.2, 0.25) is 0 Å². The number of hydrogen-bond donors (Lipinski definition) is 1. The Morgan fingerprint density at radius 3 is 2.33 bits per heavy atom. The Labute approximate surface area is 333 Å². The van der Waals surface area contributed by atoms with E-state index in [1.807, 2.05) is 4.90 Å². The molecular formula is C46H77N3O6. The fraction of sp³-hybridized carbons (Fsp3) is 0.978. The summed E-state index contributed by atoms with van der Waals surface area (Å²) in [4.78, 5) is 20.0. The molecule has 0 radical (unpaired) electrons. The first-order chi connectivity index (χ1) is 25.9. The van der Waals surface area contributed by atoms with Crippen LogP contribution in [0.25, 0.3) is 0 Å². The van der Waals surface area contributed by atoms with Gasteiger partial charge in [0, 0.05) is 56.8 Å². The maximum Gasteiger partial charge on any atom is 0.410 e. The van der Waals surface area contributed by atoms with Gasteiger partial charge in [0.05, 0.1) is 31.0 Å². The van der Waals surface area contributed by atoms with Gasteiger partial charge in [0.25, 0.3) is 0 Å². The monoisotopic (exact) mass is 768 g/mol. The summed E-state index contributed by atoms with van der Waals surface area (Å²) < 4.78 is 26.7. The zero-order valence-electron chi connectivity index (χ0n) is 36.3. The van der Waals surface area contributed by atoms with Crippen molar-refractivity contribution in [3.63, 3.8) is 0 Å². The van der Waals surface area contributed by atoms with Gasteiger partial charge in [-0.15, -0.1) is 0 Å². The van der Waals surface area contributed by atoms with Gasteiger partial charge in [0.15, 0.2) is 6.29 Å². The van der Waals surface area contributed by atoms with E-state index in [2.05, 4.69) is 79.0 Å². The van der Waals surface area contributed by atoms with Crippen LogP contribution in [0.4, 0.5) is 4.79 Å². The summed E-state index contributed by atoms with van der Waals surface area (Å²) >= 11 is 0. The van der Waals surface area contributed by atoms with Crippen molar-refractivity contribution in [1.82, 2.24) is 14.7 Å². The average molecular weight is 768 g/mol. The molecule has 2 spiro atoms. The van der Waals surface area contributed by atoms with Crippen LogP contribution in [0.5, 0.6) is 0 Å². The fourth-order valence-corrected chi connectivity index (χ4v) is 15.8. The fourth-order valence-electron chi connectivity index (χ4n) is 15.8. The maximum absolute atomic E-state index is 13.0. The number of ether oxygens (including phenoxy) is 4. The van der Waals surface area contributed by atoms with E-state index in [9.17, 15) is 9.90 Å². The van der Waals surface area contributed by atoms with Gasteiger partial charge < -0.3 is 29.0 Å². The molecular weight excluding hydrogens is 691 g/mol. The molecule has 0 aromatic rings. The number of aliphatic hydroxyl groups excluding tert-OH is 1. The van der Waals surface area contributed by atoms with Crippen LogP contribution >= 0.6 is 0 Å². The van der Waals surface area contributed by atoms with E-state index < -0.39 is 6.10 Å². The van der Waals surface area contributed by atoms with Gasteiger partial charge in [-0.05, 0) is 136 Å². The molecule has 4 saturated heterocycles. The number of fused-ring (bicyclic) bond motifs is 4. The summed E-state index contributed by atoms with van der Waals surface area (Å²) in [5.41, 5.74) is 0.802. The summed E-state index contributed by atoms with van der Waals surface area (Å²) in [5, 5.41) is 12.8. The molecule has 9 aliphatic rings. The van der Waals surface area contributed by atoms with Crippen molar-refractivity contribution in [2.45, 2.75) is 169 Å². The number of nitrogens with zero attached hydrogens (tertiary/aromatic N) is 3. The molecule has 3 unspecified atom stereocenters. The number of morpholine rings is 1. The Bertz CT molecular complexity index is 1470. The second kappa shape index (κ2) is 13.3. The van der Waals surface area contributed by atoms with Crippen LogP contribution < -0.4 is 0 Å². The first kappa shape index (κ1) is 39.5. The Morgan fingerprint density at radius 2 is 1.65 bits per heavy atom. The van der Waals surface area contributed by atoms with Crippen LogP contribution in [0.2, 0.25) is 0 Å². The van der Waals surface area contributed by atoms with Gasteiger partial charge >= 0.3 is 6.09 Å². The quantitative estimate of drug-likeness (QED) is 0.287. The van der Waals surface area contributed by atoms with Crippen molar-refractivity contribution < 1.29 is 28.8 Å². The third kappa shape index (κ3) is 5.75. The van der Waals surface area contributed by atoms with Crippen molar-refractivity contribution in [3.05, 3.63) is 0 Å². The van der Waals surface area contributed by atoms with Crippen LogP contribution in [0.3, 0.4) is 0 Å². The molecule has 0 aromatic heterocycles. The van der Waals surface area contributed by atoms with Crippen molar-refractivity contribution in [2.75, 3.05) is 52.4 Å². The molecule has 0 bridgehead atoms. The number of carbonyl (C=O) groups excluding carboxylic acids is 1. The van der Waals surface area contributed by atoms with Crippen LogP contribution in [-0.2, 0) is 18.9 Å². The second-order valence-corrected chi connectivity index (χ2v) is 23.1. The molecule has 312 valence electrons. The number of aliphatic hydroxyl groups is 1. The summed E-state index contributed by atoms with van der Waals surface area (Å²) in [7, 11) is 0. The normalized spacial score (nSPS) is 48.7. The van der Waals surface area contributed by atoms with Gasteiger partial charge in [-0.25, -0.2) is 4.79 Å². The van der Waals surface area contributed by atoms with E-state index in [1.54, 1.807) is 0 Å². The maximum atomic E-state index is 13.0. The lowest BCUT2D eigenvalue weighted by Gasteiger charge is -2.64. The highest BCUT2D eigenvalue weighted by Gasteiger charge is 2.84. The summed E-state index contributed by atoms with van der Waals surface area (Å²) in [6, 6.07) is 0. The first-order valence-corrected chi connectivity index (χ1v) is 22.9. The van der Waals surface area contributed by atoms with Crippen LogP contribution in [0.15, 0.2) is 0 Å². The minimum Gasteiger partial charge on any atom is -0.443 e. The van der Waals surface area contributed by atoms with Crippen molar-refractivity contribution >= 4 is 6.09 Å². The molecule has 0 aromatic carbocycles. The first-order valence-electron chi connectivity index (χ1n) is 22.9. The minimum atomic E-state index is -0.515. The minimum absolute atomic E-state index is 0.0141. The molecule has 55 heavy (non-hydrogen) atoms. The zero-order valence-corrected chi connectivity index (χ0v) is 36.3. The lowest BCUT2D eigenvalue weighted by Crippen LogP contribution is -2.61. The summed E-state index contributed by atoms with van der Waals surface area (Å²) in [6.45, 7) is 31.5. The standard InChI is InChI=1S/C46H77N3O6/c1-28(2)37(55-40(51)48-18-11-19-48)31-22-29(3)36-38(53-31)39(50)44(10)33-13-12-32-42(7,8)34(14-15-45(32)27-46(33,45)17-16-43(36,44)9)54-35-26-47(20-21-52-35)23-30-24-49(25-30)41(4,5)6/h28-39,50H,11-27H2,1-10H3/t29-,31?,32+,33?,34+,35+,36+,37-,38?,39+,43-,44-,45-,46+/m1/s1. The molecule has 9 heteroatoms. The zero-order chi connectivity index (χ0) is 39.1. The predicted molar refractivity (Wildman–Crippen MR) is 213 cm³/mol. The Kier molecular flexibility index (Phi) is 9.52. The van der Waals surface area contributed by atoms with Crippen LogP contribution in [-0.4, -0.2) is 121 Å². The molecule has 4 heterocycles. The van der Waals surface area contributed by atoms with Gasteiger partial charge in [-0.2, -0.15) is 0 Å². The number of carbonyl (C=O) groups is 1. The Hall–Kier alpha value is -0.970. The lowest BCUT2D eigenvalue weighted by molar-refractivity contribution is -0.250. The van der Waals surface area contributed by atoms with E-state index in [0.29, 0.717) is 34.5 Å². The predicted octanol–water partition coefficient (Wildman–Crippen LogP) is 7.44. The lowest BCUT2D eigenvalue weighted by atomic mass is 9.41. The second-order valence-electron chi connectivity index (χ2n) is 23.1. The molecule has 9 rings (SSSR count). The van der Waals surface area contributed by atoms with E-state index in [4.69, 9.17) is 18.9 Å². The Morgan fingerprint density at radius 1 is 0.945 bits per heavy atom. The summed E-state index contributed by atoms with van der Waals surface area (Å²) in [5.74, 6) is 2.73. The molecule has 14 atom stereocenters. The third-order valence-electron chi connectivity index (χ3n) is 19.0. The van der Waals surface area contributed by atoms with E-state index in [-0.39, 0.29) is 64.5 Å². The van der Waals surface area contributed by atoms with Crippen molar-refractivity contribution in [1.29, 1.82) is 0 Å². The molecule has 9 fully saturated rings. The SMILES string of the molecule is CC(C)[C@@H](OC(=O)N1CCC1)C1C[C@@H](C)[C@H]2C(O1)[C@H](O)[C@@]1(C)C3CC[C@H]4C(C)(C)[C@@H](O[C@H]5CN(CC6CN(C(C)(C)C)C6)CCO5)CC[C@@]45C[C@@]35CC[C@]21C. The molecule has 1 amide bonds. The molecule has 1 N–H and O–H groups in total. The highest BCUT2D eigenvalue weighted by atomic mass is 16.7. The largest absolute Gasteiger partial charge is 0.443 e. The van der Waals surface area contributed by atoms with E-state index in [1.165, 1.54) is 51.6 Å². The van der Waals surface area contributed by atoms with Crippen LogP contribution in [0, 0.1) is 62.6 Å². The number of hydrogen-bond acceptors (Lipinski definition) is 8. The number of likely N-dealkylation sites (tertiary alicyclic amines) is 2. The van der Waals surface area contributed by atoms with Gasteiger partial charge in [-0.1, -0.05) is 48.5 Å². The average Bonchev–Trinajstić information content (AvgIpc) is 3.69. The number of rotatable bonds is 7. The highest BCUT2D eigenvalue weighted by Crippen LogP contribution is 2.89. The summed E-state index contributed by atoms with van der Waals surface area (Å²) in [6.07, 6.45) is 9.11. The smallest absolute Gasteiger partial charge is 0.410 e. The van der Waals surface area contributed by atoms with Crippen LogP contribution in [0.1, 0.15) is 127 Å². The van der Waals surface area contributed by atoms with Crippen molar-refractivity contribution in [2.24, 2.45) is 62.6 Å².